The summed E-state index contributed by atoms with van der Waals surface area (Å²) in [6.45, 7) is 0. The third-order valence-electron chi connectivity index (χ3n) is 2.34. The van der Waals surface area contributed by atoms with E-state index in [1.54, 1.807) is 0 Å². The van der Waals surface area contributed by atoms with E-state index in [2.05, 4.69) is 9.97 Å². The van der Waals surface area contributed by atoms with Crippen LogP contribution in [0.3, 0.4) is 0 Å². The molecule has 1 aromatic heterocycles. The molecule has 0 radical (unpaired) electrons. The summed E-state index contributed by atoms with van der Waals surface area (Å²) in [4.78, 5) is 17.5. The monoisotopic (exact) mass is 280 g/mol. The smallest absolute Gasteiger partial charge is 0.314 e. The summed E-state index contributed by atoms with van der Waals surface area (Å²) in [6.07, 6.45) is 1.07. The van der Waals surface area contributed by atoms with Gasteiger partial charge in [-0.3, -0.25) is 10.1 Å². The van der Waals surface area contributed by atoms with E-state index in [1.807, 2.05) is 0 Å². The van der Waals surface area contributed by atoms with Gasteiger partial charge in [-0.05, 0) is 6.07 Å². The first-order valence-corrected chi connectivity index (χ1v) is 5.29. The van der Waals surface area contributed by atoms with Gasteiger partial charge in [0.05, 0.1) is 12.0 Å². The van der Waals surface area contributed by atoms with E-state index < -0.39 is 22.2 Å². The van der Waals surface area contributed by atoms with Crippen LogP contribution in [-0.4, -0.2) is 22.0 Å². The Kier molecular flexibility index (Phi) is 3.60. The normalized spacial score (nSPS) is 10.1. The molecule has 2 N–H and O–H groups in total. The number of benzene rings is 1. The van der Waals surface area contributed by atoms with Crippen molar-refractivity contribution in [2.24, 2.45) is 0 Å². The number of rotatable bonds is 4. The Hall–Kier alpha value is -2.97. The number of methoxy groups -OCH3 is 1. The minimum Gasteiger partial charge on any atom is -0.489 e. The van der Waals surface area contributed by atoms with Gasteiger partial charge in [-0.2, -0.15) is 4.98 Å². The van der Waals surface area contributed by atoms with Crippen molar-refractivity contribution >= 4 is 11.5 Å². The predicted octanol–water partition coefficient (Wildman–Crippen LogP) is 1.91. The second-order valence-corrected chi connectivity index (χ2v) is 3.54. The van der Waals surface area contributed by atoms with Crippen LogP contribution in [-0.2, 0) is 0 Å². The summed E-state index contributed by atoms with van der Waals surface area (Å²) in [5, 5.41) is 10.9. The summed E-state index contributed by atoms with van der Waals surface area (Å²) in [5.41, 5.74) is 5.00. The summed E-state index contributed by atoms with van der Waals surface area (Å²) >= 11 is 0. The van der Waals surface area contributed by atoms with Crippen LogP contribution in [0.2, 0.25) is 0 Å². The molecule has 0 bridgehead atoms. The van der Waals surface area contributed by atoms with Crippen LogP contribution in [0.4, 0.5) is 15.9 Å². The van der Waals surface area contributed by atoms with E-state index in [-0.39, 0.29) is 17.4 Å². The van der Waals surface area contributed by atoms with Crippen molar-refractivity contribution in [2.45, 2.75) is 0 Å². The van der Waals surface area contributed by atoms with Gasteiger partial charge in [0.25, 0.3) is 5.88 Å². The van der Waals surface area contributed by atoms with Gasteiger partial charge in [0.2, 0.25) is 11.5 Å². The van der Waals surface area contributed by atoms with E-state index in [0.717, 1.165) is 18.5 Å². The fourth-order valence-electron chi connectivity index (χ4n) is 1.47. The van der Waals surface area contributed by atoms with Crippen LogP contribution in [0, 0.1) is 15.9 Å². The Morgan fingerprint density at radius 2 is 2.10 bits per heavy atom. The number of nitrogens with zero attached hydrogens (tertiary/aromatic N) is 3. The van der Waals surface area contributed by atoms with Crippen LogP contribution in [0.25, 0.3) is 0 Å². The number of para-hydroxylation sites is 1. The SMILES string of the molecule is COc1c(N)ncnc1Oc1c(F)cccc1[N+](=O)[O-]. The van der Waals surface area contributed by atoms with Crippen LogP contribution in [0.5, 0.6) is 17.4 Å². The average molecular weight is 280 g/mol. The maximum Gasteiger partial charge on any atom is 0.314 e. The van der Waals surface area contributed by atoms with Gasteiger partial charge in [0.15, 0.2) is 11.6 Å². The highest BCUT2D eigenvalue weighted by Gasteiger charge is 2.23. The number of nitro benzene ring substituents is 1. The molecule has 0 aliphatic carbocycles. The quantitative estimate of drug-likeness (QED) is 0.672. The molecule has 0 unspecified atom stereocenters. The Balaban J connectivity index is 2.50. The van der Waals surface area contributed by atoms with Crippen LogP contribution in [0.1, 0.15) is 0 Å². The minimum atomic E-state index is -0.904. The number of ether oxygens (including phenoxy) is 2. The number of nitro groups is 1. The lowest BCUT2D eigenvalue weighted by Crippen LogP contribution is -2.02. The van der Waals surface area contributed by atoms with Gasteiger partial charge < -0.3 is 15.2 Å². The lowest BCUT2D eigenvalue weighted by Gasteiger charge is -2.10. The Morgan fingerprint density at radius 3 is 2.75 bits per heavy atom. The molecule has 0 aliphatic heterocycles. The van der Waals surface area contributed by atoms with E-state index in [9.17, 15) is 14.5 Å². The first kappa shape index (κ1) is 13.5. The van der Waals surface area contributed by atoms with Crippen molar-refractivity contribution < 1.29 is 18.8 Å². The van der Waals surface area contributed by atoms with E-state index >= 15 is 0 Å². The van der Waals surface area contributed by atoms with Crippen LogP contribution < -0.4 is 15.2 Å². The number of nitrogen functional groups attached to an aromatic ring is 1. The average Bonchev–Trinajstić information content (AvgIpc) is 2.41. The molecule has 0 fully saturated rings. The van der Waals surface area contributed by atoms with Crippen molar-refractivity contribution in [1.82, 2.24) is 9.97 Å². The summed E-state index contributed by atoms with van der Waals surface area (Å²) < 4.78 is 23.7. The molecule has 2 aromatic rings. The predicted molar refractivity (Wildman–Crippen MR) is 66.1 cm³/mol. The van der Waals surface area contributed by atoms with Crippen molar-refractivity contribution in [2.75, 3.05) is 12.8 Å². The van der Waals surface area contributed by atoms with Crippen LogP contribution in [0.15, 0.2) is 24.5 Å². The van der Waals surface area contributed by atoms with Gasteiger partial charge in [-0.1, -0.05) is 6.07 Å². The molecule has 0 saturated carbocycles. The molecule has 1 aromatic carbocycles. The largest absolute Gasteiger partial charge is 0.489 e. The molecular formula is C11H9FN4O4. The zero-order chi connectivity index (χ0) is 14.7. The summed E-state index contributed by atoms with van der Waals surface area (Å²) in [5.74, 6) is -1.76. The molecule has 8 nitrogen and oxygen atoms in total. The molecular weight excluding hydrogens is 271 g/mol. The van der Waals surface area contributed by atoms with Gasteiger partial charge >= 0.3 is 5.69 Å². The molecule has 104 valence electrons. The molecule has 0 atom stereocenters. The van der Waals surface area contributed by atoms with Gasteiger partial charge in [-0.15, -0.1) is 0 Å². The number of hydrogen-bond acceptors (Lipinski definition) is 7. The maximum atomic E-state index is 13.7. The van der Waals surface area contributed by atoms with E-state index in [4.69, 9.17) is 15.2 Å². The van der Waals surface area contributed by atoms with Crippen molar-refractivity contribution in [1.29, 1.82) is 0 Å². The number of anilines is 1. The molecule has 0 amide bonds. The fourth-order valence-corrected chi connectivity index (χ4v) is 1.47. The van der Waals surface area contributed by atoms with E-state index in [0.29, 0.717) is 0 Å². The first-order valence-electron chi connectivity index (χ1n) is 5.29. The van der Waals surface area contributed by atoms with Crippen molar-refractivity contribution in [3.8, 4) is 17.4 Å². The zero-order valence-electron chi connectivity index (χ0n) is 10.2. The minimum absolute atomic E-state index is 0.0310. The fraction of sp³-hybridized carbons (Fsp3) is 0.0909. The number of aromatic nitrogens is 2. The lowest BCUT2D eigenvalue weighted by molar-refractivity contribution is -0.385. The van der Waals surface area contributed by atoms with E-state index in [1.165, 1.54) is 13.2 Å². The molecule has 2 rings (SSSR count). The van der Waals surface area contributed by atoms with Gasteiger partial charge in [-0.25, -0.2) is 9.37 Å². The number of halogens is 1. The second-order valence-electron chi connectivity index (χ2n) is 3.54. The van der Waals surface area contributed by atoms with Crippen LogP contribution >= 0.6 is 0 Å². The lowest BCUT2D eigenvalue weighted by atomic mass is 10.3. The third kappa shape index (κ3) is 2.41. The molecule has 0 aliphatic rings. The van der Waals surface area contributed by atoms with Gasteiger partial charge in [0, 0.05) is 6.07 Å². The highest BCUT2D eigenvalue weighted by Crippen LogP contribution is 2.37. The Labute approximate surface area is 112 Å². The third-order valence-corrected chi connectivity index (χ3v) is 2.34. The molecule has 0 spiro atoms. The number of nitrogens with two attached hydrogens (primary N) is 1. The Morgan fingerprint density at radius 1 is 1.35 bits per heavy atom. The number of hydrogen-bond donors (Lipinski definition) is 1. The highest BCUT2D eigenvalue weighted by molar-refractivity contribution is 5.55. The first-order chi connectivity index (χ1) is 9.54. The molecule has 1 heterocycles. The standard InChI is InChI=1S/C11H9FN4O4/c1-19-9-10(13)14-5-15-11(9)20-8-6(12)3-2-4-7(8)16(17)18/h2-5H,1H3,(H2,13,14,15). The van der Waals surface area contributed by atoms with Crippen molar-refractivity contribution in [3.05, 3.63) is 40.5 Å². The zero-order valence-corrected chi connectivity index (χ0v) is 10.2. The Bertz CT molecular complexity index is 665. The van der Waals surface area contributed by atoms with Crippen molar-refractivity contribution in [3.63, 3.8) is 0 Å². The summed E-state index contributed by atoms with van der Waals surface area (Å²) in [7, 11) is 1.29. The van der Waals surface area contributed by atoms with Gasteiger partial charge in [0.1, 0.15) is 6.33 Å². The highest BCUT2D eigenvalue weighted by atomic mass is 19.1. The molecule has 20 heavy (non-hydrogen) atoms. The summed E-state index contributed by atoms with van der Waals surface area (Å²) in [6, 6.07) is 3.33. The molecule has 0 saturated heterocycles. The maximum absolute atomic E-state index is 13.7. The molecule has 9 heteroatoms. The second kappa shape index (κ2) is 5.34. The topological polar surface area (TPSA) is 113 Å².